The zero-order chi connectivity index (χ0) is 16.6. The molecule has 3 rings (SSSR count). The van der Waals surface area contributed by atoms with Crippen LogP contribution in [0, 0.1) is 6.92 Å². The summed E-state index contributed by atoms with van der Waals surface area (Å²) in [5.41, 5.74) is 4.35. The molecule has 0 spiro atoms. The molecule has 0 aromatic heterocycles. The van der Waals surface area contributed by atoms with Gasteiger partial charge in [-0.2, -0.15) is 0 Å². The molecule has 2 aromatic carbocycles. The molecule has 5 heteroatoms. The summed E-state index contributed by atoms with van der Waals surface area (Å²) >= 11 is 3.41. The highest BCUT2D eigenvalue weighted by Crippen LogP contribution is 2.29. The zero-order valence-corrected chi connectivity index (χ0v) is 14.6. The van der Waals surface area contributed by atoms with Crippen molar-refractivity contribution in [1.82, 2.24) is 0 Å². The summed E-state index contributed by atoms with van der Waals surface area (Å²) < 4.78 is 0.981. The van der Waals surface area contributed by atoms with Gasteiger partial charge in [-0.25, -0.2) is 0 Å². The van der Waals surface area contributed by atoms with Crippen LogP contribution in [0.25, 0.3) is 0 Å². The number of anilines is 2. The number of amides is 2. The number of hydrogen-bond donors (Lipinski definition) is 1. The number of benzene rings is 2. The molecule has 1 aliphatic heterocycles. The molecule has 0 fully saturated rings. The van der Waals surface area contributed by atoms with E-state index in [4.69, 9.17) is 0 Å². The highest BCUT2D eigenvalue weighted by Gasteiger charge is 2.23. The average Bonchev–Trinajstić information content (AvgIpc) is 2.93. The van der Waals surface area contributed by atoms with E-state index in [0.29, 0.717) is 12.1 Å². The number of rotatable bonds is 2. The van der Waals surface area contributed by atoms with Crippen molar-refractivity contribution < 1.29 is 9.59 Å². The summed E-state index contributed by atoms with van der Waals surface area (Å²) in [6.45, 7) is 4.20. The number of fused-ring (bicyclic) bond motifs is 1. The third kappa shape index (κ3) is 3.15. The van der Waals surface area contributed by atoms with E-state index in [1.54, 1.807) is 17.9 Å². The van der Waals surface area contributed by atoms with Crippen LogP contribution >= 0.6 is 15.9 Å². The van der Waals surface area contributed by atoms with Gasteiger partial charge in [0.15, 0.2) is 0 Å². The van der Waals surface area contributed by atoms with E-state index in [0.717, 1.165) is 33.4 Å². The van der Waals surface area contributed by atoms with Crippen molar-refractivity contribution in [2.24, 2.45) is 0 Å². The molecule has 118 valence electrons. The first kappa shape index (κ1) is 15.7. The van der Waals surface area contributed by atoms with Crippen LogP contribution in [0.1, 0.15) is 28.4 Å². The van der Waals surface area contributed by atoms with Crippen LogP contribution in [-0.4, -0.2) is 18.4 Å². The fourth-order valence-electron chi connectivity index (χ4n) is 2.83. The van der Waals surface area contributed by atoms with Crippen molar-refractivity contribution >= 4 is 39.1 Å². The van der Waals surface area contributed by atoms with Gasteiger partial charge in [-0.15, -0.1) is 0 Å². The molecular formula is C18H17BrN2O2. The van der Waals surface area contributed by atoms with Crippen LogP contribution in [0.4, 0.5) is 11.4 Å². The van der Waals surface area contributed by atoms with Gasteiger partial charge in [0, 0.05) is 34.9 Å². The minimum atomic E-state index is -0.139. The fourth-order valence-corrected chi connectivity index (χ4v) is 3.31. The minimum Gasteiger partial charge on any atom is -0.322 e. The van der Waals surface area contributed by atoms with Crippen molar-refractivity contribution in [3.05, 3.63) is 57.6 Å². The maximum atomic E-state index is 12.5. The quantitative estimate of drug-likeness (QED) is 0.868. The van der Waals surface area contributed by atoms with Crippen molar-refractivity contribution in [3.8, 4) is 0 Å². The second-order valence-corrected chi connectivity index (χ2v) is 6.59. The predicted molar refractivity (Wildman–Crippen MR) is 95.0 cm³/mol. The lowest BCUT2D eigenvalue weighted by atomic mass is 10.1. The van der Waals surface area contributed by atoms with E-state index in [1.165, 1.54) is 0 Å². The van der Waals surface area contributed by atoms with Crippen LogP contribution in [0.5, 0.6) is 0 Å². The van der Waals surface area contributed by atoms with Gasteiger partial charge in [-0.3, -0.25) is 9.59 Å². The van der Waals surface area contributed by atoms with E-state index in [1.807, 2.05) is 37.3 Å². The van der Waals surface area contributed by atoms with Crippen LogP contribution in [0.2, 0.25) is 0 Å². The first-order valence-corrected chi connectivity index (χ1v) is 8.23. The molecule has 0 saturated heterocycles. The van der Waals surface area contributed by atoms with Crippen LogP contribution in [-0.2, 0) is 11.2 Å². The molecular weight excluding hydrogens is 356 g/mol. The second-order valence-electron chi connectivity index (χ2n) is 5.68. The number of nitrogens with zero attached hydrogens (tertiary/aromatic N) is 1. The zero-order valence-electron chi connectivity index (χ0n) is 13.0. The number of hydrogen-bond acceptors (Lipinski definition) is 2. The Bertz CT molecular complexity index is 802. The normalized spacial score (nSPS) is 12.9. The lowest BCUT2D eigenvalue weighted by Crippen LogP contribution is -2.25. The molecule has 0 bridgehead atoms. The molecule has 0 unspecified atom stereocenters. The average molecular weight is 373 g/mol. The summed E-state index contributed by atoms with van der Waals surface area (Å²) in [6, 6.07) is 11.2. The number of nitrogens with one attached hydrogen (secondary N) is 1. The van der Waals surface area contributed by atoms with E-state index < -0.39 is 0 Å². The summed E-state index contributed by atoms with van der Waals surface area (Å²) in [7, 11) is 0. The molecule has 1 N–H and O–H groups in total. The highest BCUT2D eigenvalue weighted by molar-refractivity contribution is 9.10. The lowest BCUT2D eigenvalue weighted by molar-refractivity contribution is -0.116. The van der Waals surface area contributed by atoms with Crippen molar-refractivity contribution in [3.63, 3.8) is 0 Å². The highest BCUT2D eigenvalue weighted by atomic mass is 79.9. The maximum Gasteiger partial charge on any atom is 0.255 e. The van der Waals surface area contributed by atoms with Gasteiger partial charge < -0.3 is 10.2 Å². The summed E-state index contributed by atoms with van der Waals surface area (Å²) in [4.78, 5) is 25.8. The summed E-state index contributed by atoms with van der Waals surface area (Å²) in [6.07, 6.45) is 0.785. The lowest BCUT2D eigenvalue weighted by Gasteiger charge is -2.15. The molecule has 0 radical (unpaired) electrons. The Morgan fingerprint density at radius 3 is 2.65 bits per heavy atom. The molecule has 1 aliphatic rings. The van der Waals surface area contributed by atoms with E-state index in [-0.39, 0.29) is 11.8 Å². The van der Waals surface area contributed by atoms with Crippen LogP contribution in [0.15, 0.2) is 40.9 Å². The third-order valence-electron chi connectivity index (χ3n) is 4.05. The van der Waals surface area contributed by atoms with Crippen molar-refractivity contribution in [2.45, 2.75) is 20.3 Å². The molecule has 23 heavy (non-hydrogen) atoms. The van der Waals surface area contributed by atoms with Gasteiger partial charge in [-0.05, 0) is 60.9 Å². The second kappa shape index (κ2) is 6.16. The number of halogens is 1. The number of aryl methyl sites for hydroxylation is 1. The van der Waals surface area contributed by atoms with Gasteiger partial charge in [0.1, 0.15) is 0 Å². The molecule has 1 heterocycles. The topological polar surface area (TPSA) is 49.4 Å². The van der Waals surface area contributed by atoms with Crippen molar-refractivity contribution in [2.75, 3.05) is 16.8 Å². The predicted octanol–water partition coefficient (Wildman–Crippen LogP) is 3.92. The summed E-state index contributed by atoms with van der Waals surface area (Å²) in [5, 5.41) is 2.94. The number of carbonyl (C=O) groups is 2. The Hall–Kier alpha value is -2.14. The van der Waals surface area contributed by atoms with Crippen LogP contribution in [0.3, 0.4) is 0 Å². The third-order valence-corrected chi connectivity index (χ3v) is 4.55. The first-order chi connectivity index (χ1) is 11.0. The largest absolute Gasteiger partial charge is 0.322 e. The smallest absolute Gasteiger partial charge is 0.255 e. The van der Waals surface area contributed by atoms with Crippen molar-refractivity contribution in [1.29, 1.82) is 0 Å². The standard InChI is InChI=1S/C18H17BrN2O2/c1-11-9-15(19)4-5-16(11)20-18(23)14-3-6-17-13(10-14)7-8-21(17)12(2)22/h3-6,9-10H,7-8H2,1-2H3,(H,20,23). The SMILES string of the molecule is CC(=O)N1CCc2cc(C(=O)Nc3ccc(Br)cc3C)ccc21. The Morgan fingerprint density at radius 2 is 1.96 bits per heavy atom. The Kier molecular flexibility index (Phi) is 4.22. The van der Waals surface area contributed by atoms with Gasteiger partial charge in [0.05, 0.1) is 0 Å². The van der Waals surface area contributed by atoms with E-state index in [9.17, 15) is 9.59 Å². The first-order valence-electron chi connectivity index (χ1n) is 7.44. The Balaban J connectivity index is 1.82. The molecule has 0 saturated carbocycles. The van der Waals surface area contributed by atoms with E-state index >= 15 is 0 Å². The number of carbonyl (C=O) groups excluding carboxylic acids is 2. The molecule has 0 atom stereocenters. The van der Waals surface area contributed by atoms with Crippen LogP contribution < -0.4 is 10.2 Å². The van der Waals surface area contributed by atoms with Gasteiger partial charge in [0.2, 0.25) is 5.91 Å². The maximum absolute atomic E-state index is 12.5. The molecule has 2 aromatic rings. The molecule has 0 aliphatic carbocycles. The fraction of sp³-hybridized carbons (Fsp3) is 0.222. The monoisotopic (exact) mass is 372 g/mol. The Morgan fingerprint density at radius 1 is 1.17 bits per heavy atom. The molecule has 4 nitrogen and oxygen atoms in total. The van der Waals surface area contributed by atoms with Gasteiger partial charge in [-0.1, -0.05) is 15.9 Å². The Labute approximate surface area is 143 Å². The van der Waals surface area contributed by atoms with Gasteiger partial charge >= 0.3 is 0 Å². The van der Waals surface area contributed by atoms with Gasteiger partial charge in [0.25, 0.3) is 5.91 Å². The van der Waals surface area contributed by atoms with E-state index in [2.05, 4.69) is 21.2 Å². The summed E-state index contributed by atoms with van der Waals surface area (Å²) in [5.74, 6) is -0.106. The minimum absolute atomic E-state index is 0.0337. The molecule has 2 amide bonds.